The Hall–Kier alpha value is 0.0669. The first-order chi connectivity index (χ1) is 4.77. The van der Waals surface area contributed by atoms with Gasteiger partial charge in [-0.05, 0) is 13.3 Å². The lowest BCUT2D eigenvalue weighted by Crippen LogP contribution is -2.19. The molecule has 0 rings (SSSR count). The molecule has 0 saturated heterocycles. The molecule has 0 amide bonds. The predicted molar refractivity (Wildman–Crippen MR) is 55.7 cm³/mol. The smallest absolute Gasteiger partial charge is 0.129 e. The molecule has 0 bridgehead atoms. The highest BCUT2D eigenvalue weighted by atomic mass is 35.5. The second-order valence-corrected chi connectivity index (χ2v) is 9.64. The fourth-order valence-electron chi connectivity index (χ4n) is 0.406. The van der Waals surface area contributed by atoms with Crippen LogP contribution in [0.15, 0.2) is 0 Å². The van der Waals surface area contributed by atoms with Crippen molar-refractivity contribution in [3.8, 4) is 11.5 Å². The van der Waals surface area contributed by atoms with Crippen LogP contribution in [-0.4, -0.2) is 12.9 Å². The van der Waals surface area contributed by atoms with Gasteiger partial charge in [0.15, 0.2) is 0 Å². The van der Waals surface area contributed by atoms with Crippen LogP contribution in [-0.2, 0) is 0 Å². The van der Waals surface area contributed by atoms with E-state index in [1.165, 1.54) is 0 Å². The standard InChI is InChI=1S/C9H17ClSi/c1-6-9(2,10)7-8-11(3,4)5/h6H2,1-5H3. The van der Waals surface area contributed by atoms with E-state index in [0.717, 1.165) is 6.42 Å². The Morgan fingerprint density at radius 1 is 1.36 bits per heavy atom. The van der Waals surface area contributed by atoms with Crippen molar-refractivity contribution in [3.05, 3.63) is 0 Å². The van der Waals surface area contributed by atoms with Gasteiger partial charge in [0.25, 0.3) is 0 Å². The average molecular weight is 189 g/mol. The second-order valence-electron chi connectivity index (χ2n) is 4.05. The van der Waals surface area contributed by atoms with Gasteiger partial charge < -0.3 is 0 Å². The van der Waals surface area contributed by atoms with Crippen LogP contribution < -0.4 is 0 Å². The Morgan fingerprint density at radius 3 is 2.09 bits per heavy atom. The Bertz CT molecular complexity index is 178. The highest BCUT2D eigenvalue weighted by Crippen LogP contribution is 2.17. The van der Waals surface area contributed by atoms with Gasteiger partial charge in [-0.3, -0.25) is 0 Å². The molecule has 0 aliphatic carbocycles. The lowest BCUT2D eigenvalue weighted by atomic mass is 10.1. The third-order valence-electron chi connectivity index (χ3n) is 1.36. The summed E-state index contributed by atoms with van der Waals surface area (Å²) in [5.74, 6) is 3.13. The van der Waals surface area contributed by atoms with Crippen LogP contribution in [0.5, 0.6) is 0 Å². The lowest BCUT2D eigenvalue weighted by molar-refractivity contribution is 0.767. The maximum absolute atomic E-state index is 6.08. The van der Waals surface area contributed by atoms with E-state index in [2.05, 4.69) is 38.0 Å². The SMILES string of the molecule is CCC(C)(Cl)C#C[Si](C)(C)C. The lowest BCUT2D eigenvalue weighted by Gasteiger charge is -2.12. The highest BCUT2D eigenvalue weighted by Gasteiger charge is 2.15. The van der Waals surface area contributed by atoms with Crippen molar-refractivity contribution in [1.29, 1.82) is 0 Å². The Morgan fingerprint density at radius 2 is 1.82 bits per heavy atom. The quantitative estimate of drug-likeness (QED) is 0.337. The third kappa shape index (κ3) is 6.46. The Kier molecular flexibility index (Phi) is 3.67. The summed E-state index contributed by atoms with van der Waals surface area (Å²) in [6, 6.07) is 0. The van der Waals surface area contributed by atoms with Gasteiger partial charge in [-0.2, -0.15) is 0 Å². The van der Waals surface area contributed by atoms with Crippen LogP contribution in [0.1, 0.15) is 20.3 Å². The van der Waals surface area contributed by atoms with Gasteiger partial charge in [-0.15, -0.1) is 17.1 Å². The van der Waals surface area contributed by atoms with Gasteiger partial charge in [-0.25, -0.2) is 0 Å². The van der Waals surface area contributed by atoms with Gasteiger partial charge in [0.05, 0.1) is 0 Å². The first-order valence-corrected chi connectivity index (χ1v) is 7.88. The molecular weight excluding hydrogens is 172 g/mol. The number of halogens is 1. The first-order valence-electron chi connectivity index (χ1n) is 4.00. The van der Waals surface area contributed by atoms with Gasteiger partial charge in [-0.1, -0.05) is 32.5 Å². The first kappa shape index (κ1) is 11.1. The van der Waals surface area contributed by atoms with E-state index >= 15 is 0 Å². The third-order valence-corrected chi connectivity index (χ3v) is 2.60. The van der Waals surface area contributed by atoms with E-state index in [0.29, 0.717) is 0 Å². The van der Waals surface area contributed by atoms with Crippen molar-refractivity contribution < 1.29 is 0 Å². The van der Waals surface area contributed by atoms with E-state index in [1.807, 2.05) is 6.92 Å². The fourth-order valence-corrected chi connectivity index (χ4v) is 1.18. The molecule has 0 aromatic rings. The van der Waals surface area contributed by atoms with Crippen molar-refractivity contribution in [3.63, 3.8) is 0 Å². The molecule has 1 atom stereocenters. The molecule has 0 N–H and O–H groups in total. The normalized spacial score (nSPS) is 16.5. The van der Waals surface area contributed by atoms with E-state index < -0.39 is 8.07 Å². The monoisotopic (exact) mass is 188 g/mol. The van der Waals surface area contributed by atoms with Gasteiger partial charge >= 0.3 is 0 Å². The molecule has 64 valence electrons. The summed E-state index contributed by atoms with van der Waals surface area (Å²) in [6.45, 7) is 10.7. The van der Waals surface area contributed by atoms with Gasteiger partial charge in [0, 0.05) is 0 Å². The van der Waals surface area contributed by atoms with Crippen LogP contribution in [0.25, 0.3) is 0 Å². The van der Waals surface area contributed by atoms with Crippen molar-refractivity contribution in [2.75, 3.05) is 0 Å². The minimum absolute atomic E-state index is 0.305. The summed E-state index contributed by atoms with van der Waals surface area (Å²) >= 11 is 6.08. The van der Waals surface area contributed by atoms with Crippen LogP contribution in [0.3, 0.4) is 0 Å². The molecule has 0 saturated carbocycles. The van der Waals surface area contributed by atoms with Crippen LogP contribution in [0.2, 0.25) is 19.6 Å². The van der Waals surface area contributed by atoms with Crippen LogP contribution in [0, 0.1) is 11.5 Å². The molecule has 0 aliphatic rings. The molecular formula is C9H17ClSi. The Balaban J connectivity index is 4.29. The maximum atomic E-state index is 6.08. The molecule has 2 heteroatoms. The molecule has 0 nitrogen and oxygen atoms in total. The second kappa shape index (κ2) is 3.65. The van der Waals surface area contributed by atoms with Gasteiger partial charge in [0.2, 0.25) is 0 Å². The molecule has 0 heterocycles. The minimum atomic E-state index is -1.23. The molecule has 0 aromatic heterocycles. The minimum Gasteiger partial charge on any atom is -0.130 e. The summed E-state index contributed by atoms with van der Waals surface area (Å²) in [6.07, 6.45) is 0.909. The summed E-state index contributed by atoms with van der Waals surface area (Å²) in [7, 11) is -1.23. The fraction of sp³-hybridized carbons (Fsp3) is 0.778. The summed E-state index contributed by atoms with van der Waals surface area (Å²) in [4.78, 5) is -0.305. The van der Waals surface area contributed by atoms with E-state index in [4.69, 9.17) is 11.6 Å². The van der Waals surface area contributed by atoms with E-state index in [1.54, 1.807) is 0 Å². The maximum Gasteiger partial charge on any atom is 0.129 e. The molecule has 0 radical (unpaired) electrons. The van der Waals surface area contributed by atoms with Crippen molar-refractivity contribution in [2.45, 2.75) is 44.8 Å². The average Bonchev–Trinajstić information content (AvgIpc) is 1.83. The predicted octanol–water partition coefficient (Wildman–Crippen LogP) is 3.27. The number of hydrogen-bond donors (Lipinski definition) is 0. The topological polar surface area (TPSA) is 0 Å². The highest BCUT2D eigenvalue weighted by molar-refractivity contribution is 6.83. The zero-order chi connectivity index (χ0) is 9.12. The number of hydrogen-bond acceptors (Lipinski definition) is 0. The van der Waals surface area contributed by atoms with Crippen molar-refractivity contribution in [1.82, 2.24) is 0 Å². The molecule has 1 unspecified atom stereocenters. The van der Waals surface area contributed by atoms with Crippen molar-refractivity contribution >= 4 is 19.7 Å². The van der Waals surface area contributed by atoms with Crippen LogP contribution >= 0.6 is 11.6 Å². The molecule has 0 fully saturated rings. The number of rotatable bonds is 1. The van der Waals surface area contributed by atoms with Gasteiger partial charge in [0.1, 0.15) is 12.9 Å². The van der Waals surface area contributed by atoms with Crippen LogP contribution in [0.4, 0.5) is 0 Å². The molecule has 0 aromatic carbocycles. The summed E-state index contributed by atoms with van der Waals surface area (Å²) in [5.41, 5.74) is 3.27. The zero-order valence-corrected chi connectivity index (χ0v) is 9.84. The number of alkyl halides is 1. The molecule has 11 heavy (non-hydrogen) atoms. The zero-order valence-electron chi connectivity index (χ0n) is 8.09. The van der Waals surface area contributed by atoms with E-state index in [-0.39, 0.29) is 4.87 Å². The Labute approximate surface area is 76.3 Å². The summed E-state index contributed by atoms with van der Waals surface area (Å²) in [5, 5.41) is 0. The molecule has 0 aliphatic heterocycles. The van der Waals surface area contributed by atoms with E-state index in [9.17, 15) is 0 Å². The summed E-state index contributed by atoms with van der Waals surface area (Å²) < 4.78 is 0. The molecule has 0 spiro atoms. The van der Waals surface area contributed by atoms with Crippen molar-refractivity contribution in [2.24, 2.45) is 0 Å². The largest absolute Gasteiger partial charge is 0.130 e.